The van der Waals surface area contributed by atoms with E-state index in [1.165, 1.54) is 43.5 Å². The van der Waals surface area contributed by atoms with Gasteiger partial charge in [0.25, 0.3) is 11.8 Å². The van der Waals surface area contributed by atoms with Gasteiger partial charge in [-0.1, -0.05) is 12.1 Å². The number of carbonyl (C=O) groups is 4. The molecule has 0 unspecified atom stereocenters. The Morgan fingerprint density at radius 2 is 1.06 bits per heavy atom. The van der Waals surface area contributed by atoms with Crippen molar-refractivity contribution in [3.8, 4) is 40.9 Å². The third kappa shape index (κ3) is 11.3. The molecule has 4 aliphatic rings. The van der Waals surface area contributed by atoms with Gasteiger partial charge in [0.15, 0.2) is 33.4 Å². The van der Waals surface area contributed by atoms with Gasteiger partial charge in [0.2, 0.25) is 0 Å². The summed E-state index contributed by atoms with van der Waals surface area (Å²) in [7, 11) is 1.32. The highest BCUT2D eigenvalue weighted by Crippen LogP contribution is 2.43. The predicted molar refractivity (Wildman–Crippen MR) is 233 cm³/mol. The van der Waals surface area contributed by atoms with Gasteiger partial charge in [-0.05, 0) is 107 Å². The Balaban J connectivity index is 0.000000204. The average Bonchev–Trinajstić information content (AvgIpc) is 3.79. The number of nitriles is 2. The molecule has 69 heavy (non-hydrogen) atoms. The Bertz CT molecular complexity index is 3000. The summed E-state index contributed by atoms with van der Waals surface area (Å²) in [5, 5.41) is 36.5. The average molecular weight is 995 g/mol. The highest BCUT2D eigenvalue weighted by Gasteiger charge is 2.40. The molecule has 4 aromatic rings. The van der Waals surface area contributed by atoms with Crippen LogP contribution in [0.1, 0.15) is 33.4 Å². The number of benzene rings is 4. The second-order valence-corrected chi connectivity index (χ2v) is 17.0. The van der Waals surface area contributed by atoms with E-state index in [9.17, 15) is 49.9 Å². The number of carboxylic acid groups (broad SMARTS) is 2. The second kappa shape index (κ2) is 19.8. The number of alkyl halides is 6. The standard InChI is InChI=1S/C23H16F3N3O5S.C22H13F4N3O4S/c1-33-18-7-12(8-19-20(30)28-22(35-19)29-10-14(11-29)21(31)32)2-5-17(18)34-16-4-3-13(9-27)6-15(16)23(24,25)26;23-15-6-11(7-18-19(30)28-21(34-18)29-9-13(10-29)20(31)32)1-4-17(15)33-16-3-2-12(8-27)5-14(16)22(24,25)26/h2-8,14H,10-11H2,1H3,(H,31,32);1-7,13H,9-10H2,(H,31,32)/b19-8-;18-7-. The summed E-state index contributed by atoms with van der Waals surface area (Å²) in [5.74, 6) is -6.34. The fraction of sp³-hybridized carbons (Fsp3) is 0.200. The van der Waals surface area contributed by atoms with Crippen LogP contribution < -0.4 is 14.2 Å². The van der Waals surface area contributed by atoms with Gasteiger partial charge in [-0.15, -0.1) is 0 Å². The second-order valence-electron chi connectivity index (χ2n) is 14.9. The van der Waals surface area contributed by atoms with Gasteiger partial charge in [-0.25, -0.2) is 4.39 Å². The zero-order valence-corrected chi connectivity index (χ0v) is 36.6. The Morgan fingerprint density at radius 1 is 0.652 bits per heavy atom. The van der Waals surface area contributed by atoms with Gasteiger partial charge < -0.3 is 34.2 Å². The molecular weight excluding hydrogens is 966 g/mol. The summed E-state index contributed by atoms with van der Waals surface area (Å²) in [4.78, 5) is 58.0. The third-order valence-corrected chi connectivity index (χ3v) is 12.3. The molecule has 8 rings (SSSR count). The predicted octanol–water partition coefficient (Wildman–Crippen LogP) is 8.86. The SMILES string of the molecule is COc1cc(/C=C2\SC(N3CC(C(=O)O)C3)=NC2=O)ccc1Oc1ccc(C#N)cc1C(F)(F)F.N#Cc1ccc(Oc2ccc(/C=C3\SC(N4CC(C(=O)O)C4)=NC3=O)cc2F)c(C(F)(F)F)c1. The monoisotopic (exact) mass is 994 g/mol. The highest BCUT2D eigenvalue weighted by atomic mass is 32.2. The lowest BCUT2D eigenvalue weighted by Crippen LogP contribution is -2.51. The number of aliphatic imine (C=N–C) groups is 2. The molecule has 2 N–H and O–H groups in total. The van der Waals surface area contributed by atoms with E-state index in [4.69, 9.17) is 34.9 Å². The van der Waals surface area contributed by atoms with Crippen molar-refractivity contribution in [3.63, 3.8) is 0 Å². The number of ether oxygens (including phenoxy) is 3. The van der Waals surface area contributed by atoms with E-state index in [0.717, 1.165) is 53.9 Å². The summed E-state index contributed by atoms with van der Waals surface area (Å²) in [6, 6.07) is 16.9. The van der Waals surface area contributed by atoms with Gasteiger partial charge in [0, 0.05) is 26.2 Å². The van der Waals surface area contributed by atoms with E-state index in [-0.39, 0.29) is 59.3 Å². The smallest absolute Gasteiger partial charge is 0.420 e. The minimum absolute atomic E-state index is 0.00693. The Hall–Kier alpha value is -7.83. The molecule has 0 radical (unpaired) electrons. The molecule has 2 amide bonds. The molecule has 2 saturated heterocycles. The van der Waals surface area contributed by atoms with Crippen LogP contribution in [0.4, 0.5) is 30.7 Å². The van der Waals surface area contributed by atoms with Crippen molar-refractivity contribution in [2.24, 2.45) is 21.8 Å². The molecule has 4 heterocycles. The molecule has 354 valence electrons. The minimum Gasteiger partial charge on any atom is -0.493 e. The van der Waals surface area contributed by atoms with E-state index >= 15 is 0 Å². The molecule has 4 aliphatic heterocycles. The molecule has 2 fully saturated rings. The third-order valence-electron chi connectivity index (χ3n) is 10.2. The van der Waals surface area contributed by atoms with Crippen LogP contribution in [0, 0.1) is 40.3 Å². The van der Waals surface area contributed by atoms with Crippen LogP contribution in [-0.2, 0) is 31.5 Å². The summed E-state index contributed by atoms with van der Waals surface area (Å²) in [6.07, 6.45) is -6.64. The molecule has 0 spiro atoms. The molecule has 24 heteroatoms. The van der Waals surface area contributed by atoms with Crippen molar-refractivity contribution in [2.75, 3.05) is 33.3 Å². The van der Waals surface area contributed by atoms with E-state index < -0.39 is 82.1 Å². The van der Waals surface area contributed by atoms with E-state index in [2.05, 4.69) is 9.98 Å². The summed E-state index contributed by atoms with van der Waals surface area (Å²) in [5.41, 5.74) is -1.93. The summed E-state index contributed by atoms with van der Waals surface area (Å²) in [6.45, 7) is 1.02. The number of carbonyl (C=O) groups excluding carboxylic acids is 2. The Morgan fingerprint density at radius 3 is 1.45 bits per heavy atom. The van der Waals surface area contributed by atoms with Gasteiger partial charge in [-0.3, -0.25) is 19.2 Å². The zero-order valence-electron chi connectivity index (χ0n) is 35.0. The topological polar surface area (TPSA) is 215 Å². The molecule has 0 aromatic heterocycles. The van der Waals surface area contributed by atoms with Crippen LogP contribution in [0.25, 0.3) is 12.2 Å². The lowest BCUT2D eigenvalue weighted by molar-refractivity contribution is -0.146. The van der Waals surface area contributed by atoms with Crippen LogP contribution in [0.5, 0.6) is 28.7 Å². The van der Waals surface area contributed by atoms with Crippen molar-refractivity contribution < 1.29 is 74.3 Å². The number of carboxylic acids is 2. The quantitative estimate of drug-likeness (QED) is 0.118. The Kier molecular flexibility index (Phi) is 14.1. The highest BCUT2D eigenvalue weighted by molar-refractivity contribution is 8.18. The van der Waals surface area contributed by atoms with Crippen LogP contribution in [-0.4, -0.2) is 87.4 Å². The first-order chi connectivity index (χ1) is 32.6. The van der Waals surface area contributed by atoms with Crippen LogP contribution in [0.15, 0.2) is 92.6 Å². The first-order valence-electron chi connectivity index (χ1n) is 19.7. The number of methoxy groups -OCH3 is 1. The van der Waals surface area contributed by atoms with Crippen LogP contribution in [0.3, 0.4) is 0 Å². The molecule has 0 atom stereocenters. The van der Waals surface area contributed by atoms with Gasteiger partial charge in [-0.2, -0.15) is 46.9 Å². The summed E-state index contributed by atoms with van der Waals surface area (Å²) < 4.78 is 111. The Labute approximate surface area is 393 Å². The number of aliphatic carboxylic acids is 2. The lowest BCUT2D eigenvalue weighted by Gasteiger charge is -2.37. The molecule has 0 aliphatic carbocycles. The van der Waals surface area contributed by atoms with E-state index in [0.29, 0.717) is 32.9 Å². The van der Waals surface area contributed by atoms with E-state index in [1.807, 2.05) is 0 Å². The number of amidine groups is 2. The number of halogens is 7. The van der Waals surface area contributed by atoms with Gasteiger partial charge in [0.05, 0.1) is 63.1 Å². The molecule has 0 bridgehead atoms. The fourth-order valence-electron chi connectivity index (χ4n) is 6.56. The maximum absolute atomic E-state index is 14.6. The zero-order chi connectivity index (χ0) is 49.9. The molecule has 15 nitrogen and oxygen atoms in total. The number of likely N-dealkylation sites (tertiary alicyclic amines) is 2. The number of thioether (sulfide) groups is 2. The summed E-state index contributed by atoms with van der Waals surface area (Å²) >= 11 is 2.13. The first kappa shape index (κ1) is 49.1. The molecule has 4 aromatic carbocycles. The minimum atomic E-state index is -4.82. The lowest BCUT2D eigenvalue weighted by atomic mass is 10.0. The van der Waals surface area contributed by atoms with Crippen molar-refractivity contribution in [1.82, 2.24) is 9.80 Å². The largest absolute Gasteiger partial charge is 0.493 e. The van der Waals surface area contributed by atoms with Crippen molar-refractivity contribution in [3.05, 3.63) is 122 Å². The van der Waals surface area contributed by atoms with Crippen molar-refractivity contribution >= 4 is 69.8 Å². The number of hydrogen-bond acceptors (Lipinski definition) is 13. The molecule has 0 saturated carbocycles. The number of rotatable bonds is 9. The molecular formula is C45H29F7N6O9S2. The van der Waals surface area contributed by atoms with Gasteiger partial charge >= 0.3 is 24.3 Å². The number of nitrogens with zero attached hydrogens (tertiary/aromatic N) is 6. The normalized spacial score (nSPS) is 17.2. The van der Waals surface area contributed by atoms with Crippen LogP contribution >= 0.6 is 23.5 Å². The van der Waals surface area contributed by atoms with Gasteiger partial charge in [0.1, 0.15) is 11.5 Å². The van der Waals surface area contributed by atoms with Crippen LogP contribution in [0.2, 0.25) is 0 Å². The number of hydrogen-bond donors (Lipinski definition) is 2. The van der Waals surface area contributed by atoms with Crippen molar-refractivity contribution in [1.29, 1.82) is 10.5 Å². The maximum Gasteiger partial charge on any atom is 0.420 e. The fourth-order valence-corrected chi connectivity index (χ4v) is 8.42. The number of amides is 2. The first-order valence-corrected chi connectivity index (χ1v) is 21.3. The van der Waals surface area contributed by atoms with E-state index in [1.54, 1.807) is 28.0 Å². The maximum atomic E-state index is 14.6. The van der Waals surface area contributed by atoms with Crippen molar-refractivity contribution in [2.45, 2.75) is 12.4 Å².